The first-order valence-corrected chi connectivity index (χ1v) is 9.56. The standard InChI is InChI=1S/C23H25N3O4/c1-23(2,3)25-21(28)15-9-11-16(12-10-15)24-20(27)14-26-13-18(22(29)30-4)17-7-5-6-8-19(17)26/h5-13H,14H2,1-4H3,(H,24,27)(H,25,28). The quantitative estimate of drug-likeness (QED) is 0.633. The summed E-state index contributed by atoms with van der Waals surface area (Å²) < 4.78 is 6.54. The number of carbonyl (C=O) groups excluding carboxylic acids is 3. The van der Waals surface area contributed by atoms with E-state index < -0.39 is 5.97 Å². The Morgan fingerprint density at radius 3 is 2.30 bits per heavy atom. The van der Waals surface area contributed by atoms with E-state index >= 15 is 0 Å². The number of hydrogen-bond acceptors (Lipinski definition) is 4. The average Bonchev–Trinajstić information content (AvgIpc) is 3.05. The van der Waals surface area contributed by atoms with Crippen molar-refractivity contribution in [3.05, 3.63) is 65.9 Å². The van der Waals surface area contributed by atoms with Crippen molar-refractivity contribution in [2.75, 3.05) is 12.4 Å². The molecule has 156 valence electrons. The van der Waals surface area contributed by atoms with Gasteiger partial charge < -0.3 is 19.9 Å². The fraction of sp³-hybridized carbons (Fsp3) is 0.261. The number of fused-ring (bicyclic) bond motifs is 1. The molecule has 0 aliphatic heterocycles. The number of carbonyl (C=O) groups is 3. The Kier molecular flexibility index (Phi) is 5.91. The van der Waals surface area contributed by atoms with Crippen molar-refractivity contribution in [2.24, 2.45) is 0 Å². The van der Waals surface area contributed by atoms with Gasteiger partial charge in [0.25, 0.3) is 5.91 Å². The Morgan fingerprint density at radius 1 is 1.00 bits per heavy atom. The molecule has 2 amide bonds. The minimum absolute atomic E-state index is 0.0315. The maximum absolute atomic E-state index is 12.6. The van der Waals surface area contributed by atoms with Crippen molar-refractivity contribution in [3.63, 3.8) is 0 Å². The van der Waals surface area contributed by atoms with Crippen LogP contribution in [-0.2, 0) is 16.1 Å². The van der Waals surface area contributed by atoms with Crippen LogP contribution in [0.25, 0.3) is 10.9 Å². The fourth-order valence-corrected chi connectivity index (χ4v) is 3.12. The summed E-state index contributed by atoms with van der Waals surface area (Å²) in [6.45, 7) is 5.77. The second kappa shape index (κ2) is 8.41. The number of nitrogens with one attached hydrogen (secondary N) is 2. The highest BCUT2D eigenvalue weighted by Gasteiger charge is 2.17. The molecule has 0 spiro atoms. The van der Waals surface area contributed by atoms with Crippen LogP contribution in [0.1, 0.15) is 41.5 Å². The molecule has 0 aliphatic carbocycles. The van der Waals surface area contributed by atoms with Crippen molar-refractivity contribution in [3.8, 4) is 0 Å². The van der Waals surface area contributed by atoms with Gasteiger partial charge in [-0.3, -0.25) is 9.59 Å². The van der Waals surface area contributed by atoms with Gasteiger partial charge in [-0.15, -0.1) is 0 Å². The molecule has 1 heterocycles. The Balaban J connectivity index is 1.72. The molecule has 3 aromatic rings. The van der Waals surface area contributed by atoms with Gasteiger partial charge in [0.15, 0.2) is 0 Å². The maximum atomic E-state index is 12.6. The summed E-state index contributed by atoms with van der Waals surface area (Å²) in [5.74, 6) is -0.872. The second-order valence-electron chi connectivity index (χ2n) is 8.01. The first kappa shape index (κ1) is 21.1. The number of nitrogens with zero attached hydrogens (tertiary/aromatic N) is 1. The molecule has 0 atom stereocenters. The minimum atomic E-state index is -0.450. The summed E-state index contributed by atoms with van der Waals surface area (Å²) in [7, 11) is 1.33. The molecule has 0 fully saturated rings. The zero-order chi connectivity index (χ0) is 21.9. The maximum Gasteiger partial charge on any atom is 0.340 e. The van der Waals surface area contributed by atoms with Crippen LogP contribution in [0.2, 0.25) is 0 Å². The summed E-state index contributed by atoms with van der Waals surface area (Å²) in [6.07, 6.45) is 1.62. The van der Waals surface area contributed by atoms with Crippen LogP contribution in [0, 0.1) is 0 Å². The number of methoxy groups -OCH3 is 1. The first-order chi connectivity index (χ1) is 14.2. The largest absolute Gasteiger partial charge is 0.465 e. The number of benzene rings is 2. The summed E-state index contributed by atoms with van der Waals surface area (Å²) in [6, 6.07) is 14.0. The molecule has 1 aromatic heterocycles. The van der Waals surface area contributed by atoms with E-state index in [1.165, 1.54) is 7.11 Å². The van der Waals surface area contributed by atoms with Crippen molar-refractivity contribution < 1.29 is 19.1 Å². The lowest BCUT2D eigenvalue weighted by Crippen LogP contribution is -2.40. The van der Waals surface area contributed by atoms with E-state index in [9.17, 15) is 14.4 Å². The summed E-state index contributed by atoms with van der Waals surface area (Å²) >= 11 is 0. The third-order valence-corrected chi connectivity index (χ3v) is 4.43. The van der Waals surface area contributed by atoms with Gasteiger partial charge in [-0.1, -0.05) is 18.2 Å². The lowest BCUT2D eigenvalue weighted by atomic mass is 10.1. The summed E-state index contributed by atoms with van der Waals surface area (Å²) in [5.41, 5.74) is 1.95. The van der Waals surface area contributed by atoms with E-state index in [4.69, 9.17) is 4.74 Å². The van der Waals surface area contributed by atoms with Crippen LogP contribution in [0.3, 0.4) is 0 Å². The average molecular weight is 407 g/mol. The van der Waals surface area contributed by atoms with Crippen molar-refractivity contribution in [2.45, 2.75) is 32.9 Å². The number of hydrogen-bond donors (Lipinski definition) is 2. The highest BCUT2D eigenvalue weighted by molar-refractivity contribution is 6.05. The molecule has 0 saturated carbocycles. The van der Waals surface area contributed by atoms with Crippen LogP contribution in [0.5, 0.6) is 0 Å². The Labute approximate surface area is 175 Å². The fourth-order valence-electron chi connectivity index (χ4n) is 3.12. The van der Waals surface area contributed by atoms with Crippen LogP contribution < -0.4 is 10.6 Å². The zero-order valence-electron chi connectivity index (χ0n) is 17.5. The lowest BCUT2D eigenvalue weighted by Gasteiger charge is -2.20. The number of esters is 1. The van der Waals surface area contributed by atoms with Crippen LogP contribution in [0.15, 0.2) is 54.7 Å². The van der Waals surface area contributed by atoms with Gasteiger partial charge >= 0.3 is 5.97 Å². The predicted octanol–water partition coefficient (Wildman–Crippen LogP) is 3.59. The molecular formula is C23H25N3O4. The number of rotatable bonds is 5. The lowest BCUT2D eigenvalue weighted by molar-refractivity contribution is -0.116. The number of para-hydroxylation sites is 1. The third kappa shape index (κ3) is 4.86. The van der Waals surface area contributed by atoms with E-state index in [2.05, 4.69) is 10.6 Å². The van der Waals surface area contributed by atoms with Gasteiger partial charge in [-0.25, -0.2) is 4.79 Å². The highest BCUT2D eigenvalue weighted by atomic mass is 16.5. The van der Waals surface area contributed by atoms with E-state index in [0.29, 0.717) is 16.8 Å². The topological polar surface area (TPSA) is 89.4 Å². The molecule has 2 N–H and O–H groups in total. The molecular weight excluding hydrogens is 382 g/mol. The van der Waals surface area contributed by atoms with Gasteiger partial charge in [-0.05, 0) is 51.1 Å². The van der Waals surface area contributed by atoms with Crippen molar-refractivity contribution in [1.82, 2.24) is 9.88 Å². The zero-order valence-corrected chi connectivity index (χ0v) is 17.5. The molecule has 0 aliphatic rings. The number of anilines is 1. The molecule has 0 unspecified atom stereocenters. The molecule has 0 radical (unpaired) electrons. The SMILES string of the molecule is COC(=O)c1cn(CC(=O)Nc2ccc(C(=O)NC(C)(C)C)cc2)c2ccccc12. The van der Waals surface area contributed by atoms with E-state index in [0.717, 1.165) is 10.9 Å². The second-order valence-corrected chi connectivity index (χ2v) is 8.01. The molecule has 0 saturated heterocycles. The van der Waals surface area contributed by atoms with Crippen LogP contribution >= 0.6 is 0 Å². The van der Waals surface area contributed by atoms with Gasteiger partial charge in [0.2, 0.25) is 5.91 Å². The van der Waals surface area contributed by atoms with E-state index in [-0.39, 0.29) is 23.9 Å². The third-order valence-electron chi connectivity index (χ3n) is 4.43. The summed E-state index contributed by atoms with van der Waals surface area (Å²) in [5, 5.41) is 6.44. The van der Waals surface area contributed by atoms with Crippen LogP contribution in [0.4, 0.5) is 5.69 Å². The predicted molar refractivity (Wildman–Crippen MR) is 116 cm³/mol. The van der Waals surface area contributed by atoms with Gasteiger partial charge in [0.1, 0.15) is 6.54 Å². The van der Waals surface area contributed by atoms with Crippen LogP contribution in [-0.4, -0.2) is 35.0 Å². The Hall–Kier alpha value is -3.61. The van der Waals surface area contributed by atoms with E-state index in [1.807, 2.05) is 45.0 Å². The number of ether oxygens (including phenoxy) is 1. The smallest absolute Gasteiger partial charge is 0.340 e. The molecule has 2 aromatic carbocycles. The molecule has 7 heteroatoms. The van der Waals surface area contributed by atoms with Crippen molar-refractivity contribution in [1.29, 1.82) is 0 Å². The monoisotopic (exact) mass is 407 g/mol. The highest BCUT2D eigenvalue weighted by Crippen LogP contribution is 2.22. The Bertz CT molecular complexity index is 1090. The molecule has 0 bridgehead atoms. The van der Waals surface area contributed by atoms with Gasteiger partial charge in [0.05, 0.1) is 12.7 Å². The number of amides is 2. The molecule has 7 nitrogen and oxygen atoms in total. The Morgan fingerprint density at radius 2 is 1.67 bits per heavy atom. The first-order valence-electron chi connectivity index (χ1n) is 9.56. The van der Waals surface area contributed by atoms with Gasteiger partial charge in [-0.2, -0.15) is 0 Å². The molecule has 30 heavy (non-hydrogen) atoms. The van der Waals surface area contributed by atoms with Gasteiger partial charge in [0, 0.05) is 33.9 Å². The summed E-state index contributed by atoms with van der Waals surface area (Å²) in [4.78, 5) is 36.8. The number of aromatic nitrogens is 1. The normalized spacial score (nSPS) is 11.2. The minimum Gasteiger partial charge on any atom is -0.465 e. The van der Waals surface area contributed by atoms with E-state index in [1.54, 1.807) is 35.0 Å². The van der Waals surface area contributed by atoms with Crippen molar-refractivity contribution >= 4 is 34.4 Å². The molecule has 3 rings (SSSR count).